The quantitative estimate of drug-likeness (QED) is 0.599. The molecule has 2 atom stereocenters. The summed E-state index contributed by atoms with van der Waals surface area (Å²) in [5, 5.41) is 10.3. The Labute approximate surface area is 196 Å². The summed E-state index contributed by atoms with van der Waals surface area (Å²) >= 11 is 6.36. The van der Waals surface area contributed by atoms with Gasteiger partial charge in [-0.15, -0.1) is 0 Å². The van der Waals surface area contributed by atoms with Crippen LogP contribution in [0.2, 0.25) is 5.15 Å². The van der Waals surface area contributed by atoms with E-state index >= 15 is 0 Å². The Hall–Kier alpha value is -3.05. The summed E-state index contributed by atoms with van der Waals surface area (Å²) in [6.07, 6.45) is -0.212. The first-order valence-corrected chi connectivity index (χ1v) is 11.1. The third kappa shape index (κ3) is 3.82. The monoisotopic (exact) mass is 496 g/mol. The van der Waals surface area contributed by atoms with E-state index in [1.165, 1.54) is 29.7 Å². The molecule has 2 saturated heterocycles. The van der Waals surface area contributed by atoms with E-state index in [1.807, 2.05) is 0 Å². The highest BCUT2D eigenvalue weighted by Crippen LogP contribution is 2.37. The van der Waals surface area contributed by atoms with Crippen molar-refractivity contribution in [3.8, 4) is 11.1 Å². The maximum atomic E-state index is 13.8. The van der Waals surface area contributed by atoms with E-state index in [2.05, 4.69) is 4.98 Å². The number of amides is 2. The van der Waals surface area contributed by atoms with Crippen LogP contribution in [0.25, 0.3) is 16.8 Å². The molecule has 12 heteroatoms. The average molecular weight is 497 g/mol. The van der Waals surface area contributed by atoms with Gasteiger partial charge >= 0.3 is 6.18 Å². The van der Waals surface area contributed by atoms with Crippen molar-refractivity contribution in [3.05, 3.63) is 47.3 Å². The molecule has 1 N–H and O–H groups in total. The van der Waals surface area contributed by atoms with E-state index in [0.717, 1.165) is 16.9 Å². The fourth-order valence-electron chi connectivity index (χ4n) is 4.69. The second-order valence-corrected chi connectivity index (χ2v) is 8.82. The number of hydrogen-bond acceptors (Lipinski definition) is 5. The van der Waals surface area contributed by atoms with Crippen LogP contribution < -0.4 is 0 Å². The summed E-state index contributed by atoms with van der Waals surface area (Å²) in [5.74, 6) is -0.711. The number of piperidine rings is 1. The van der Waals surface area contributed by atoms with Crippen molar-refractivity contribution < 1.29 is 32.3 Å². The zero-order chi connectivity index (χ0) is 24.2. The molecule has 0 aliphatic carbocycles. The van der Waals surface area contributed by atoms with Crippen LogP contribution in [0.4, 0.5) is 13.2 Å². The molecule has 0 aromatic carbocycles. The van der Waals surface area contributed by atoms with Gasteiger partial charge in [-0.2, -0.15) is 13.2 Å². The predicted molar refractivity (Wildman–Crippen MR) is 114 cm³/mol. The maximum absolute atomic E-state index is 13.8. The number of imidazole rings is 1. The first-order valence-electron chi connectivity index (χ1n) is 10.7. The lowest BCUT2D eigenvalue weighted by Gasteiger charge is -2.40. The number of β-amino-alcohol motifs (C(OH)–C–C–N with tert-alkyl or cyclic N) is 1. The van der Waals surface area contributed by atoms with Crippen molar-refractivity contribution in [3.63, 3.8) is 0 Å². The Morgan fingerprint density at radius 3 is 2.68 bits per heavy atom. The van der Waals surface area contributed by atoms with Crippen molar-refractivity contribution in [1.82, 2.24) is 19.2 Å². The number of nitrogens with zero attached hydrogens (tertiary/aromatic N) is 4. The van der Waals surface area contributed by atoms with Crippen LogP contribution in [-0.2, 0) is 11.0 Å². The summed E-state index contributed by atoms with van der Waals surface area (Å²) in [6, 6.07) is 2.04. The molecule has 2 aliphatic heterocycles. The number of aliphatic hydroxyl groups is 1. The molecule has 0 saturated carbocycles. The Bertz CT molecular complexity index is 1260. The number of hydrogen-bond donors (Lipinski definition) is 1. The number of alkyl halides is 3. The first kappa shape index (κ1) is 22.7. The SMILES string of the molecule is O=C(c1nc2c(C(F)(F)F)cc(-c3ccoc3)cn2c1Cl)N1CCC(N2CCCC2=O)C(O)C1. The van der Waals surface area contributed by atoms with Crippen LogP contribution in [0.15, 0.2) is 35.3 Å². The fourth-order valence-corrected chi connectivity index (χ4v) is 4.94. The third-order valence-corrected chi connectivity index (χ3v) is 6.73. The Kier molecular flexibility index (Phi) is 5.56. The van der Waals surface area contributed by atoms with Crippen LogP contribution in [0.3, 0.4) is 0 Å². The summed E-state index contributed by atoms with van der Waals surface area (Å²) in [4.78, 5) is 32.1. The van der Waals surface area contributed by atoms with Crippen molar-refractivity contribution in [2.45, 2.75) is 37.6 Å². The summed E-state index contributed by atoms with van der Waals surface area (Å²) in [6.45, 7) is 0.691. The summed E-state index contributed by atoms with van der Waals surface area (Å²) in [7, 11) is 0. The molecule has 3 aromatic heterocycles. The van der Waals surface area contributed by atoms with Crippen molar-refractivity contribution >= 4 is 29.1 Å². The molecule has 5 heterocycles. The smallest absolute Gasteiger partial charge is 0.420 e. The van der Waals surface area contributed by atoms with Crippen LogP contribution in [-0.4, -0.2) is 67.9 Å². The Morgan fingerprint density at radius 1 is 1.26 bits per heavy atom. The number of furan rings is 1. The predicted octanol–water partition coefficient (Wildman–Crippen LogP) is 3.46. The van der Waals surface area contributed by atoms with Gasteiger partial charge in [-0.05, 0) is 25.0 Å². The molecule has 2 amide bonds. The number of likely N-dealkylation sites (tertiary alicyclic amines) is 2. The van der Waals surface area contributed by atoms with Crippen LogP contribution >= 0.6 is 11.6 Å². The summed E-state index contributed by atoms with van der Waals surface area (Å²) < 4.78 is 47.5. The Balaban J connectivity index is 1.48. The van der Waals surface area contributed by atoms with Gasteiger partial charge in [0.15, 0.2) is 11.3 Å². The van der Waals surface area contributed by atoms with Gasteiger partial charge in [-0.3, -0.25) is 14.0 Å². The Morgan fingerprint density at radius 2 is 2.06 bits per heavy atom. The average Bonchev–Trinajstić information content (AvgIpc) is 3.53. The molecule has 180 valence electrons. The van der Waals surface area contributed by atoms with E-state index in [0.29, 0.717) is 24.9 Å². The van der Waals surface area contributed by atoms with Gasteiger partial charge in [0.25, 0.3) is 5.91 Å². The van der Waals surface area contributed by atoms with Gasteiger partial charge in [-0.1, -0.05) is 11.6 Å². The minimum atomic E-state index is -4.74. The molecule has 0 bridgehead atoms. The summed E-state index contributed by atoms with van der Waals surface area (Å²) in [5.41, 5.74) is -1.27. The number of carbonyl (C=O) groups is 2. The number of aliphatic hydroxyl groups excluding tert-OH is 1. The normalized spacial score (nSPS) is 21.6. The van der Waals surface area contributed by atoms with Crippen molar-refractivity contribution in [2.24, 2.45) is 0 Å². The molecular weight excluding hydrogens is 477 g/mol. The largest absolute Gasteiger partial charge is 0.472 e. The van der Waals surface area contributed by atoms with Crippen LogP contribution in [0.1, 0.15) is 35.3 Å². The first-order chi connectivity index (χ1) is 16.1. The van der Waals surface area contributed by atoms with Gasteiger partial charge in [0.1, 0.15) is 5.15 Å². The van der Waals surface area contributed by atoms with Gasteiger partial charge in [-0.25, -0.2) is 4.98 Å². The van der Waals surface area contributed by atoms with E-state index in [9.17, 15) is 27.9 Å². The number of aromatic nitrogens is 2. The lowest BCUT2D eigenvalue weighted by atomic mass is 10.00. The van der Waals surface area contributed by atoms with Gasteiger partial charge in [0, 0.05) is 43.4 Å². The molecule has 0 radical (unpaired) electrons. The highest BCUT2D eigenvalue weighted by Gasteiger charge is 2.40. The van der Waals surface area contributed by atoms with E-state index in [4.69, 9.17) is 16.0 Å². The zero-order valence-corrected chi connectivity index (χ0v) is 18.5. The number of halogens is 4. The van der Waals surface area contributed by atoms with Gasteiger partial charge in [0.05, 0.1) is 30.2 Å². The minimum Gasteiger partial charge on any atom is -0.472 e. The minimum absolute atomic E-state index is 0.0275. The maximum Gasteiger partial charge on any atom is 0.420 e. The van der Waals surface area contributed by atoms with Crippen molar-refractivity contribution in [1.29, 1.82) is 0 Å². The highest BCUT2D eigenvalue weighted by molar-refractivity contribution is 6.33. The topological polar surface area (TPSA) is 91.3 Å². The fraction of sp³-hybridized carbons (Fsp3) is 0.409. The molecule has 2 unspecified atom stereocenters. The number of carbonyl (C=O) groups excluding carboxylic acids is 2. The third-order valence-electron chi connectivity index (χ3n) is 6.37. The van der Waals surface area contributed by atoms with E-state index in [-0.39, 0.29) is 35.4 Å². The molecule has 2 aliphatic rings. The second-order valence-electron chi connectivity index (χ2n) is 8.46. The molecule has 34 heavy (non-hydrogen) atoms. The van der Waals surface area contributed by atoms with E-state index < -0.39 is 35.4 Å². The van der Waals surface area contributed by atoms with Crippen LogP contribution in [0, 0.1) is 0 Å². The molecule has 3 aromatic rings. The van der Waals surface area contributed by atoms with Gasteiger partial charge < -0.3 is 19.3 Å². The standard InChI is InChI=1S/C22H20ClF3N4O4/c23-19-18(21(33)28-6-3-15(16(31)10-28)29-5-1-2-17(29)32)27-20-14(22(24,25)26)8-13(9-30(19)20)12-4-7-34-11-12/h4,7-9,11,15-16,31H,1-3,5-6,10H2. The van der Waals surface area contributed by atoms with E-state index in [1.54, 1.807) is 4.90 Å². The molecule has 5 rings (SSSR count). The zero-order valence-electron chi connectivity index (χ0n) is 17.8. The highest BCUT2D eigenvalue weighted by atomic mass is 35.5. The van der Waals surface area contributed by atoms with Crippen LogP contribution in [0.5, 0.6) is 0 Å². The lowest BCUT2D eigenvalue weighted by molar-refractivity contribution is -0.136. The van der Waals surface area contributed by atoms with Crippen molar-refractivity contribution in [2.75, 3.05) is 19.6 Å². The number of rotatable bonds is 3. The lowest BCUT2D eigenvalue weighted by Crippen LogP contribution is -2.55. The molecule has 2 fully saturated rings. The van der Waals surface area contributed by atoms with Gasteiger partial charge in [0.2, 0.25) is 5.91 Å². The number of pyridine rings is 1. The molecule has 8 nitrogen and oxygen atoms in total. The molecule has 0 spiro atoms. The second kappa shape index (κ2) is 8.31. The number of fused-ring (bicyclic) bond motifs is 1. The molecular formula is C22H20ClF3N4O4.